The molecule has 0 saturated carbocycles. The Kier molecular flexibility index (Phi) is 4.96. The number of ketones is 1. The summed E-state index contributed by atoms with van der Waals surface area (Å²) in [6.07, 6.45) is 1.83. The molecular weight excluding hydrogens is 224 g/mol. The Balaban J connectivity index is 2.32. The quantitative estimate of drug-likeness (QED) is 0.836. The van der Waals surface area contributed by atoms with Crippen molar-refractivity contribution in [2.45, 2.75) is 66.0 Å². The maximum Gasteiger partial charge on any atom is 0.147 e. The van der Waals surface area contributed by atoms with Crippen LogP contribution in [-0.4, -0.2) is 41.9 Å². The van der Waals surface area contributed by atoms with Gasteiger partial charge in [0.25, 0.3) is 0 Å². The fourth-order valence-corrected chi connectivity index (χ4v) is 2.60. The zero-order chi connectivity index (χ0) is 14.0. The monoisotopic (exact) mass is 254 g/mol. The molecule has 0 aromatic rings. The van der Waals surface area contributed by atoms with Gasteiger partial charge in [0.05, 0.1) is 6.54 Å². The molecule has 0 radical (unpaired) electrons. The van der Waals surface area contributed by atoms with Crippen LogP contribution in [-0.2, 0) is 4.79 Å². The van der Waals surface area contributed by atoms with Gasteiger partial charge in [0, 0.05) is 31.1 Å². The molecule has 18 heavy (non-hydrogen) atoms. The predicted molar refractivity (Wildman–Crippen MR) is 76.8 cm³/mol. The molecule has 0 aliphatic carbocycles. The molecule has 0 aromatic carbocycles. The largest absolute Gasteiger partial charge is 0.308 e. The highest BCUT2D eigenvalue weighted by Crippen LogP contribution is 2.20. The van der Waals surface area contributed by atoms with Gasteiger partial charge in [-0.1, -0.05) is 20.8 Å². The topological polar surface area (TPSA) is 32.3 Å². The van der Waals surface area contributed by atoms with Crippen molar-refractivity contribution in [3.05, 3.63) is 0 Å². The van der Waals surface area contributed by atoms with Crippen LogP contribution >= 0.6 is 0 Å². The molecular formula is C15H30N2O. The van der Waals surface area contributed by atoms with Crippen molar-refractivity contribution < 1.29 is 4.79 Å². The molecule has 3 heteroatoms. The van der Waals surface area contributed by atoms with Crippen LogP contribution in [0.4, 0.5) is 0 Å². The zero-order valence-electron chi connectivity index (χ0n) is 13.0. The third-order valence-electron chi connectivity index (χ3n) is 3.04. The van der Waals surface area contributed by atoms with Crippen LogP contribution < -0.4 is 5.32 Å². The van der Waals surface area contributed by atoms with E-state index in [1.54, 1.807) is 0 Å². The van der Waals surface area contributed by atoms with E-state index in [0.717, 1.165) is 19.5 Å². The van der Waals surface area contributed by atoms with Crippen molar-refractivity contribution >= 4 is 5.78 Å². The first kappa shape index (κ1) is 15.6. The van der Waals surface area contributed by atoms with Gasteiger partial charge in [0.2, 0.25) is 0 Å². The van der Waals surface area contributed by atoms with E-state index in [2.05, 4.69) is 51.8 Å². The van der Waals surface area contributed by atoms with Gasteiger partial charge in [0.1, 0.15) is 5.78 Å². The van der Waals surface area contributed by atoms with Crippen molar-refractivity contribution in [2.75, 3.05) is 19.6 Å². The number of hydrogen-bond donors (Lipinski definition) is 1. The minimum atomic E-state index is 0.111. The highest BCUT2D eigenvalue weighted by Gasteiger charge is 2.27. The number of nitrogens with one attached hydrogen (secondary N) is 1. The van der Waals surface area contributed by atoms with Crippen LogP contribution in [0.2, 0.25) is 0 Å². The minimum absolute atomic E-state index is 0.111. The Labute approximate surface area is 112 Å². The van der Waals surface area contributed by atoms with E-state index in [9.17, 15) is 4.79 Å². The van der Waals surface area contributed by atoms with Gasteiger partial charge in [-0.15, -0.1) is 0 Å². The van der Waals surface area contributed by atoms with Crippen LogP contribution in [0.15, 0.2) is 0 Å². The molecule has 0 bridgehead atoms. The standard InChI is InChI=1S/C15H30N2O/c1-14(2,3)9-13(18)11-17-8-7-12(10-17)16-15(4,5)6/h12,16H,7-11H2,1-6H3. The summed E-state index contributed by atoms with van der Waals surface area (Å²) >= 11 is 0. The van der Waals surface area contributed by atoms with Gasteiger partial charge >= 0.3 is 0 Å². The van der Waals surface area contributed by atoms with Gasteiger partial charge < -0.3 is 5.32 Å². The number of likely N-dealkylation sites (tertiary alicyclic amines) is 1. The summed E-state index contributed by atoms with van der Waals surface area (Å²) in [6, 6.07) is 0.535. The molecule has 106 valence electrons. The summed E-state index contributed by atoms with van der Waals surface area (Å²) in [4.78, 5) is 14.2. The molecule has 0 amide bonds. The molecule has 3 nitrogen and oxygen atoms in total. The third-order valence-corrected chi connectivity index (χ3v) is 3.04. The third kappa shape index (κ3) is 6.50. The van der Waals surface area contributed by atoms with E-state index in [-0.39, 0.29) is 11.0 Å². The first-order valence-corrected chi connectivity index (χ1v) is 7.07. The summed E-state index contributed by atoms with van der Waals surface area (Å²) in [7, 11) is 0. The maximum atomic E-state index is 11.9. The molecule has 1 aliphatic heterocycles. The molecule has 0 spiro atoms. The molecule has 1 aliphatic rings. The van der Waals surface area contributed by atoms with Gasteiger partial charge in [0.15, 0.2) is 0 Å². The van der Waals surface area contributed by atoms with Crippen molar-refractivity contribution in [1.82, 2.24) is 10.2 Å². The van der Waals surface area contributed by atoms with Crippen LogP contribution in [0.3, 0.4) is 0 Å². The van der Waals surface area contributed by atoms with Gasteiger partial charge in [-0.2, -0.15) is 0 Å². The Morgan fingerprint density at radius 1 is 1.22 bits per heavy atom. The molecule has 1 heterocycles. The molecule has 1 unspecified atom stereocenters. The lowest BCUT2D eigenvalue weighted by molar-refractivity contribution is -0.121. The zero-order valence-corrected chi connectivity index (χ0v) is 13.0. The Bertz CT molecular complexity index is 286. The first-order chi connectivity index (χ1) is 8.05. The number of rotatable bonds is 4. The highest BCUT2D eigenvalue weighted by atomic mass is 16.1. The summed E-state index contributed by atoms with van der Waals surface area (Å²) in [5, 5.41) is 3.62. The van der Waals surface area contributed by atoms with Crippen molar-refractivity contribution in [3.8, 4) is 0 Å². The number of carbonyl (C=O) groups excluding carboxylic acids is 1. The number of Topliss-reactive ketones (excluding diaryl/α,β-unsaturated/α-hetero) is 1. The summed E-state index contributed by atoms with van der Waals surface area (Å²) in [5.74, 6) is 0.374. The number of nitrogens with zero attached hydrogens (tertiary/aromatic N) is 1. The lowest BCUT2D eigenvalue weighted by atomic mass is 9.90. The highest BCUT2D eigenvalue weighted by molar-refractivity contribution is 5.81. The SMILES string of the molecule is CC(C)(C)CC(=O)CN1CCC(NC(C)(C)C)C1. The second kappa shape index (κ2) is 5.70. The summed E-state index contributed by atoms with van der Waals surface area (Å²) in [5.41, 5.74) is 0.274. The van der Waals surface area contributed by atoms with Crippen LogP contribution in [0.1, 0.15) is 54.4 Å². The van der Waals surface area contributed by atoms with Crippen LogP contribution in [0.5, 0.6) is 0 Å². The molecule has 1 atom stereocenters. The fraction of sp³-hybridized carbons (Fsp3) is 0.933. The van der Waals surface area contributed by atoms with Gasteiger partial charge in [-0.05, 0) is 32.6 Å². The van der Waals surface area contributed by atoms with Gasteiger partial charge in [-0.25, -0.2) is 0 Å². The minimum Gasteiger partial charge on any atom is -0.308 e. The molecule has 1 rings (SSSR count). The molecule has 0 aromatic heterocycles. The summed E-state index contributed by atoms with van der Waals surface area (Å²) in [6.45, 7) is 15.6. The summed E-state index contributed by atoms with van der Waals surface area (Å²) < 4.78 is 0. The average molecular weight is 254 g/mol. The average Bonchev–Trinajstić information content (AvgIpc) is 2.44. The van der Waals surface area contributed by atoms with E-state index >= 15 is 0 Å². The Hall–Kier alpha value is -0.410. The van der Waals surface area contributed by atoms with Crippen molar-refractivity contribution in [2.24, 2.45) is 5.41 Å². The lowest BCUT2D eigenvalue weighted by Gasteiger charge is -2.26. The van der Waals surface area contributed by atoms with E-state index in [1.807, 2.05) is 0 Å². The smallest absolute Gasteiger partial charge is 0.147 e. The van der Waals surface area contributed by atoms with Crippen molar-refractivity contribution in [3.63, 3.8) is 0 Å². The molecule has 1 N–H and O–H groups in total. The van der Waals surface area contributed by atoms with Crippen LogP contribution in [0.25, 0.3) is 0 Å². The van der Waals surface area contributed by atoms with Crippen LogP contribution in [0, 0.1) is 5.41 Å². The lowest BCUT2D eigenvalue weighted by Crippen LogP contribution is -2.45. The van der Waals surface area contributed by atoms with E-state index in [0.29, 0.717) is 24.8 Å². The van der Waals surface area contributed by atoms with Gasteiger partial charge in [-0.3, -0.25) is 9.69 Å². The van der Waals surface area contributed by atoms with E-state index in [4.69, 9.17) is 0 Å². The van der Waals surface area contributed by atoms with E-state index < -0.39 is 0 Å². The van der Waals surface area contributed by atoms with Crippen molar-refractivity contribution in [1.29, 1.82) is 0 Å². The Morgan fingerprint density at radius 3 is 2.33 bits per heavy atom. The molecule has 1 saturated heterocycles. The van der Waals surface area contributed by atoms with E-state index in [1.165, 1.54) is 0 Å². The molecule has 1 fully saturated rings. The Morgan fingerprint density at radius 2 is 1.83 bits per heavy atom. The second-order valence-corrected chi connectivity index (χ2v) is 7.89. The number of hydrogen-bond acceptors (Lipinski definition) is 3. The second-order valence-electron chi connectivity index (χ2n) is 7.89. The predicted octanol–water partition coefficient (Wildman–Crippen LogP) is 2.45. The fourth-order valence-electron chi connectivity index (χ4n) is 2.60. The first-order valence-electron chi connectivity index (χ1n) is 7.07. The maximum absolute atomic E-state index is 11.9. The number of carbonyl (C=O) groups is 1. The normalized spacial score (nSPS) is 22.4.